The Morgan fingerprint density at radius 3 is 2.57 bits per heavy atom. The van der Waals surface area contributed by atoms with Gasteiger partial charge in [-0.05, 0) is 46.1 Å². The summed E-state index contributed by atoms with van der Waals surface area (Å²) in [5, 5.41) is 0. The molecule has 1 saturated heterocycles. The van der Waals surface area contributed by atoms with Crippen LogP contribution in [0.3, 0.4) is 0 Å². The van der Waals surface area contributed by atoms with Gasteiger partial charge < -0.3 is 18.0 Å². The van der Waals surface area contributed by atoms with Gasteiger partial charge in [0, 0.05) is 39.5 Å². The molecule has 0 N–H and O–H groups in total. The SMILES string of the molecule is CO[Si]1(OC)CCCN(CCCOC(C)C)C2CCCCC2O1. The highest BCUT2D eigenvalue weighted by Gasteiger charge is 2.46. The molecule has 5 nitrogen and oxygen atoms in total. The average molecular weight is 346 g/mol. The summed E-state index contributed by atoms with van der Waals surface area (Å²) < 4.78 is 23.6. The highest BCUT2D eigenvalue weighted by molar-refractivity contribution is 6.60. The first-order valence-corrected chi connectivity index (χ1v) is 11.2. The average Bonchev–Trinajstić information content (AvgIpc) is 2.54. The highest BCUT2D eigenvalue weighted by Crippen LogP contribution is 2.32. The number of rotatable bonds is 7. The number of hydrogen-bond donors (Lipinski definition) is 0. The van der Waals surface area contributed by atoms with E-state index >= 15 is 0 Å². The van der Waals surface area contributed by atoms with Crippen LogP contribution in [0.5, 0.6) is 0 Å². The van der Waals surface area contributed by atoms with E-state index in [-0.39, 0.29) is 6.10 Å². The molecule has 2 aliphatic rings. The normalized spacial score (nSPS) is 29.1. The summed E-state index contributed by atoms with van der Waals surface area (Å²) in [5.74, 6) is 0. The van der Waals surface area contributed by atoms with Crippen LogP contribution in [-0.2, 0) is 18.0 Å². The summed E-state index contributed by atoms with van der Waals surface area (Å²) in [6.07, 6.45) is 7.69. The Morgan fingerprint density at radius 1 is 1.13 bits per heavy atom. The van der Waals surface area contributed by atoms with Crippen molar-refractivity contribution in [2.75, 3.05) is 33.9 Å². The maximum atomic E-state index is 6.48. The lowest BCUT2D eigenvalue weighted by atomic mass is 9.91. The van der Waals surface area contributed by atoms with Crippen molar-refractivity contribution in [1.29, 1.82) is 0 Å². The largest absolute Gasteiger partial charge is 0.500 e. The molecule has 6 heteroatoms. The zero-order valence-corrected chi connectivity index (χ0v) is 16.4. The van der Waals surface area contributed by atoms with E-state index in [1.807, 2.05) is 0 Å². The molecule has 0 spiro atoms. The lowest BCUT2D eigenvalue weighted by Crippen LogP contribution is -2.57. The van der Waals surface area contributed by atoms with Gasteiger partial charge in [-0.15, -0.1) is 0 Å². The molecule has 0 bridgehead atoms. The minimum Gasteiger partial charge on any atom is -0.379 e. The highest BCUT2D eigenvalue weighted by atomic mass is 28.4. The summed E-state index contributed by atoms with van der Waals surface area (Å²) in [6, 6.07) is 1.43. The van der Waals surface area contributed by atoms with Crippen molar-refractivity contribution in [3.8, 4) is 0 Å². The number of fused-ring (bicyclic) bond motifs is 1. The van der Waals surface area contributed by atoms with Gasteiger partial charge in [0.2, 0.25) is 0 Å². The molecule has 1 saturated carbocycles. The van der Waals surface area contributed by atoms with Gasteiger partial charge in [0.05, 0.1) is 12.2 Å². The summed E-state index contributed by atoms with van der Waals surface area (Å²) in [6.45, 7) is 7.27. The number of nitrogens with zero attached hydrogens (tertiary/aromatic N) is 1. The molecule has 0 radical (unpaired) electrons. The summed E-state index contributed by atoms with van der Waals surface area (Å²) in [5.41, 5.74) is 0. The molecule has 1 aliphatic heterocycles. The predicted molar refractivity (Wildman–Crippen MR) is 93.6 cm³/mol. The standard InChI is InChI=1S/C17H35NO4Si/c1-15(2)21-13-7-11-18-12-8-14-23(19-3,20-4)22-17-10-6-5-9-16(17)18/h15-17H,5-14H2,1-4H3. The van der Waals surface area contributed by atoms with E-state index in [0.717, 1.165) is 45.0 Å². The van der Waals surface area contributed by atoms with Gasteiger partial charge in [-0.3, -0.25) is 4.90 Å². The van der Waals surface area contributed by atoms with Crippen molar-refractivity contribution in [3.05, 3.63) is 0 Å². The second-order valence-corrected chi connectivity index (χ2v) is 9.93. The van der Waals surface area contributed by atoms with Crippen molar-refractivity contribution in [1.82, 2.24) is 4.90 Å². The van der Waals surface area contributed by atoms with Crippen LogP contribution in [0.15, 0.2) is 0 Å². The van der Waals surface area contributed by atoms with Crippen LogP contribution in [0, 0.1) is 0 Å². The molecule has 1 aliphatic carbocycles. The number of ether oxygens (including phenoxy) is 1. The first-order chi connectivity index (χ1) is 11.1. The van der Waals surface area contributed by atoms with E-state index in [1.165, 1.54) is 19.3 Å². The maximum absolute atomic E-state index is 6.48. The van der Waals surface area contributed by atoms with Crippen molar-refractivity contribution < 1.29 is 18.0 Å². The minimum absolute atomic E-state index is 0.265. The predicted octanol–water partition coefficient (Wildman–Crippen LogP) is 3.07. The summed E-state index contributed by atoms with van der Waals surface area (Å²) in [4.78, 5) is 2.64. The van der Waals surface area contributed by atoms with Crippen LogP contribution < -0.4 is 0 Å². The zero-order chi connectivity index (χ0) is 16.7. The van der Waals surface area contributed by atoms with Crippen molar-refractivity contribution >= 4 is 8.80 Å². The molecule has 0 aromatic rings. The Hall–Kier alpha value is 0.0169. The third-order valence-electron chi connectivity index (χ3n) is 5.06. The zero-order valence-electron chi connectivity index (χ0n) is 15.4. The molecule has 2 rings (SSSR count). The Bertz CT molecular complexity index is 339. The van der Waals surface area contributed by atoms with Crippen molar-refractivity contribution in [3.63, 3.8) is 0 Å². The molecule has 136 valence electrons. The van der Waals surface area contributed by atoms with Crippen LogP contribution in [0.25, 0.3) is 0 Å². The first-order valence-electron chi connectivity index (χ1n) is 9.24. The minimum atomic E-state index is -2.46. The first kappa shape index (κ1) is 19.3. The van der Waals surface area contributed by atoms with Gasteiger partial charge in [0.1, 0.15) is 0 Å². The van der Waals surface area contributed by atoms with Gasteiger partial charge in [-0.1, -0.05) is 12.8 Å². The molecule has 1 heterocycles. The molecule has 23 heavy (non-hydrogen) atoms. The van der Waals surface area contributed by atoms with E-state index in [9.17, 15) is 0 Å². The Labute approximate surface area is 143 Å². The van der Waals surface area contributed by atoms with Gasteiger partial charge in [0.15, 0.2) is 0 Å². The van der Waals surface area contributed by atoms with E-state index in [0.29, 0.717) is 12.1 Å². The third-order valence-corrected chi connectivity index (χ3v) is 7.93. The van der Waals surface area contributed by atoms with E-state index in [1.54, 1.807) is 14.2 Å². The van der Waals surface area contributed by atoms with Gasteiger partial charge in [0.25, 0.3) is 0 Å². The number of hydrogen-bond acceptors (Lipinski definition) is 5. The molecule has 0 aromatic heterocycles. The fourth-order valence-corrected chi connectivity index (χ4v) is 6.05. The molecule has 2 unspecified atom stereocenters. The fraction of sp³-hybridized carbons (Fsp3) is 1.00. The Balaban J connectivity index is 1.96. The molecule has 2 fully saturated rings. The lowest BCUT2D eigenvalue weighted by Gasteiger charge is -2.45. The monoisotopic (exact) mass is 345 g/mol. The molecule has 2 atom stereocenters. The van der Waals surface area contributed by atoms with E-state index in [2.05, 4.69) is 18.7 Å². The van der Waals surface area contributed by atoms with Crippen LogP contribution in [-0.4, -0.2) is 65.9 Å². The van der Waals surface area contributed by atoms with Crippen LogP contribution in [0.4, 0.5) is 0 Å². The molecular formula is C17H35NO4Si. The second-order valence-electron chi connectivity index (χ2n) is 7.01. The van der Waals surface area contributed by atoms with Crippen LogP contribution in [0.2, 0.25) is 6.04 Å². The Morgan fingerprint density at radius 2 is 1.87 bits per heavy atom. The van der Waals surface area contributed by atoms with Crippen LogP contribution >= 0.6 is 0 Å². The van der Waals surface area contributed by atoms with Gasteiger partial charge >= 0.3 is 8.80 Å². The van der Waals surface area contributed by atoms with Gasteiger partial charge in [-0.2, -0.15) is 0 Å². The third kappa shape index (κ3) is 5.51. The smallest absolute Gasteiger partial charge is 0.379 e. The van der Waals surface area contributed by atoms with Gasteiger partial charge in [-0.25, -0.2) is 0 Å². The lowest BCUT2D eigenvalue weighted by molar-refractivity contribution is -0.0298. The molecular weight excluding hydrogens is 310 g/mol. The fourth-order valence-electron chi connectivity index (χ4n) is 3.83. The van der Waals surface area contributed by atoms with E-state index in [4.69, 9.17) is 18.0 Å². The maximum Gasteiger partial charge on any atom is 0.500 e. The quantitative estimate of drug-likeness (QED) is 0.524. The summed E-state index contributed by atoms with van der Waals surface area (Å²) in [7, 11) is 1.04. The molecule has 0 aromatic carbocycles. The topological polar surface area (TPSA) is 40.2 Å². The van der Waals surface area contributed by atoms with Crippen molar-refractivity contribution in [2.45, 2.75) is 76.7 Å². The molecule has 0 amide bonds. The second kappa shape index (κ2) is 9.49. The summed E-state index contributed by atoms with van der Waals surface area (Å²) >= 11 is 0. The van der Waals surface area contributed by atoms with Crippen molar-refractivity contribution in [2.24, 2.45) is 0 Å². The Kier molecular flexibility index (Phi) is 7.98. The van der Waals surface area contributed by atoms with Crippen LogP contribution in [0.1, 0.15) is 52.4 Å². The van der Waals surface area contributed by atoms with E-state index < -0.39 is 8.80 Å².